The van der Waals surface area contributed by atoms with Crippen molar-refractivity contribution in [2.24, 2.45) is 7.05 Å². The van der Waals surface area contributed by atoms with Crippen LogP contribution >= 0.6 is 0 Å². The van der Waals surface area contributed by atoms with Gasteiger partial charge in [0.2, 0.25) is 0 Å². The Labute approximate surface area is 194 Å². The van der Waals surface area contributed by atoms with Crippen LogP contribution in [-0.2, 0) is 13.5 Å². The number of carboxylic acids is 1. The van der Waals surface area contributed by atoms with Crippen molar-refractivity contribution < 1.29 is 19.2 Å². The molecule has 2 aromatic carbocycles. The molecule has 9 nitrogen and oxygen atoms in total. The molecule has 0 atom stereocenters. The van der Waals surface area contributed by atoms with Gasteiger partial charge in [-0.1, -0.05) is 23.4 Å². The van der Waals surface area contributed by atoms with Crippen molar-refractivity contribution in [1.82, 2.24) is 24.9 Å². The fourth-order valence-corrected chi connectivity index (χ4v) is 3.89. The molecule has 170 valence electrons. The lowest BCUT2D eigenvalue weighted by Gasteiger charge is -2.01. The Morgan fingerprint density at radius 1 is 1.09 bits per heavy atom. The number of nitrogens with one attached hydrogen (secondary N) is 1. The number of Topliss-reactive ketones (excluding diaryl/α,β-unsaturated/α-hetero) is 1. The Morgan fingerprint density at radius 2 is 1.88 bits per heavy atom. The number of carboxylic acid groups (broad SMARTS) is 1. The summed E-state index contributed by atoms with van der Waals surface area (Å²) in [6, 6.07) is 16.3. The highest BCUT2D eigenvalue weighted by molar-refractivity contribution is 5.96. The highest BCUT2D eigenvalue weighted by Gasteiger charge is 2.16. The molecule has 0 fully saturated rings. The van der Waals surface area contributed by atoms with E-state index >= 15 is 0 Å². The van der Waals surface area contributed by atoms with Gasteiger partial charge in [-0.3, -0.25) is 9.48 Å². The molecule has 0 aliphatic rings. The minimum atomic E-state index is -0.970. The number of aromatic amines is 1. The van der Waals surface area contributed by atoms with Crippen LogP contribution in [-0.4, -0.2) is 41.8 Å². The number of rotatable bonds is 7. The van der Waals surface area contributed by atoms with Crippen molar-refractivity contribution in [2.75, 3.05) is 0 Å². The highest BCUT2D eigenvalue weighted by atomic mass is 16.5. The summed E-state index contributed by atoms with van der Waals surface area (Å²) in [6.45, 7) is 1.77. The molecule has 5 aromatic rings. The van der Waals surface area contributed by atoms with Crippen molar-refractivity contribution in [3.05, 3.63) is 77.2 Å². The maximum absolute atomic E-state index is 12.8. The third-order valence-corrected chi connectivity index (χ3v) is 5.68. The Balaban J connectivity index is 1.34. The van der Waals surface area contributed by atoms with E-state index in [0.29, 0.717) is 23.8 Å². The van der Waals surface area contributed by atoms with E-state index in [0.717, 1.165) is 33.4 Å². The van der Waals surface area contributed by atoms with Crippen LogP contribution in [0.3, 0.4) is 0 Å². The fourth-order valence-electron chi connectivity index (χ4n) is 3.89. The van der Waals surface area contributed by atoms with E-state index in [9.17, 15) is 9.59 Å². The first kappa shape index (κ1) is 21.3. The number of ketones is 1. The van der Waals surface area contributed by atoms with Crippen LogP contribution in [0.15, 0.2) is 59.1 Å². The molecule has 0 saturated carbocycles. The molecule has 34 heavy (non-hydrogen) atoms. The van der Waals surface area contributed by atoms with Crippen LogP contribution in [0.1, 0.15) is 38.7 Å². The number of hydrogen-bond acceptors (Lipinski definition) is 6. The molecule has 0 radical (unpaired) electrons. The Kier molecular flexibility index (Phi) is 5.29. The van der Waals surface area contributed by atoms with Gasteiger partial charge in [-0.2, -0.15) is 10.1 Å². The molecule has 5 rings (SSSR count). The summed E-state index contributed by atoms with van der Waals surface area (Å²) in [6.07, 6.45) is 0.796. The van der Waals surface area contributed by atoms with Gasteiger partial charge < -0.3 is 14.6 Å². The Hall–Kier alpha value is -4.53. The highest BCUT2D eigenvalue weighted by Crippen LogP contribution is 2.28. The van der Waals surface area contributed by atoms with Gasteiger partial charge >= 0.3 is 5.97 Å². The van der Waals surface area contributed by atoms with E-state index in [-0.39, 0.29) is 17.8 Å². The molecule has 0 aliphatic carbocycles. The van der Waals surface area contributed by atoms with Gasteiger partial charge in [-0.05, 0) is 55.3 Å². The molecule has 0 amide bonds. The third kappa shape index (κ3) is 4.11. The van der Waals surface area contributed by atoms with Gasteiger partial charge in [0.1, 0.15) is 11.4 Å². The zero-order valence-corrected chi connectivity index (χ0v) is 18.6. The number of aromatic nitrogens is 5. The topological polar surface area (TPSA) is 127 Å². The molecule has 0 saturated heterocycles. The second-order valence-corrected chi connectivity index (χ2v) is 8.10. The van der Waals surface area contributed by atoms with Crippen LogP contribution in [0.25, 0.3) is 33.7 Å². The standard InChI is InChI=1S/C25H21N5O4/c1-14-26-24(34-29-14)21-12-18-11-17(8-9-19(18)27-21)22-13-20(28-30(22)2)23(31)10-5-15-3-6-16(7-4-15)25(32)33/h3-4,6-9,11-13,27H,5,10H2,1-2H3,(H,32,33). The van der Waals surface area contributed by atoms with Crippen molar-refractivity contribution in [3.8, 4) is 22.8 Å². The van der Waals surface area contributed by atoms with Crippen LogP contribution in [0.4, 0.5) is 0 Å². The molecule has 0 bridgehead atoms. The largest absolute Gasteiger partial charge is 0.478 e. The van der Waals surface area contributed by atoms with E-state index in [1.54, 1.807) is 41.9 Å². The van der Waals surface area contributed by atoms with Crippen LogP contribution in [0.5, 0.6) is 0 Å². The lowest BCUT2D eigenvalue weighted by atomic mass is 10.0. The first-order valence-electron chi connectivity index (χ1n) is 10.7. The van der Waals surface area contributed by atoms with Crippen molar-refractivity contribution in [2.45, 2.75) is 19.8 Å². The number of hydrogen-bond donors (Lipinski definition) is 2. The quantitative estimate of drug-likeness (QED) is 0.347. The lowest BCUT2D eigenvalue weighted by Crippen LogP contribution is -2.03. The summed E-state index contributed by atoms with van der Waals surface area (Å²) in [5.41, 5.74) is 4.95. The smallest absolute Gasteiger partial charge is 0.335 e. The van der Waals surface area contributed by atoms with E-state index in [1.807, 2.05) is 31.3 Å². The summed E-state index contributed by atoms with van der Waals surface area (Å²) in [5.74, 6) is -0.0386. The Bertz CT molecular complexity index is 1520. The minimum Gasteiger partial charge on any atom is -0.478 e. The van der Waals surface area contributed by atoms with E-state index in [2.05, 4.69) is 20.2 Å². The number of fused-ring (bicyclic) bond motifs is 1. The number of aryl methyl sites for hydroxylation is 3. The average molecular weight is 455 g/mol. The molecule has 0 unspecified atom stereocenters. The first-order valence-corrected chi connectivity index (χ1v) is 10.7. The summed E-state index contributed by atoms with van der Waals surface area (Å²) >= 11 is 0. The van der Waals surface area contributed by atoms with Gasteiger partial charge in [0.25, 0.3) is 5.89 Å². The van der Waals surface area contributed by atoms with Crippen molar-refractivity contribution in [3.63, 3.8) is 0 Å². The zero-order chi connectivity index (χ0) is 23.8. The molecule has 9 heteroatoms. The van der Waals surface area contributed by atoms with Crippen LogP contribution in [0.2, 0.25) is 0 Å². The summed E-state index contributed by atoms with van der Waals surface area (Å²) in [7, 11) is 1.81. The van der Waals surface area contributed by atoms with Crippen LogP contribution in [0, 0.1) is 6.92 Å². The second kappa shape index (κ2) is 8.43. The number of aromatic carboxylic acids is 1. The SMILES string of the molecule is Cc1noc(-c2cc3cc(-c4cc(C(=O)CCc5ccc(C(=O)O)cc5)nn4C)ccc3[nH]2)n1. The molecule has 2 N–H and O–H groups in total. The average Bonchev–Trinajstić information content (AvgIpc) is 3.55. The van der Waals surface area contributed by atoms with Gasteiger partial charge in [0.15, 0.2) is 11.6 Å². The maximum atomic E-state index is 12.8. The lowest BCUT2D eigenvalue weighted by molar-refractivity contribution is 0.0696. The molecular formula is C25H21N5O4. The molecule has 0 spiro atoms. The van der Waals surface area contributed by atoms with Crippen molar-refractivity contribution in [1.29, 1.82) is 0 Å². The molecule has 0 aliphatic heterocycles. The number of carbonyl (C=O) groups excluding carboxylic acids is 1. The van der Waals surface area contributed by atoms with Gasteiger partial charge in [-0.25, -0.2) is 4.79 Å². The summed E-state index contributed by atoms with van der Waals surface area (Å²) < 4.78 is 6.94. The molecule has 3 heterocycles. The summed E-state index contributed by atoms with van der Waals surface area (Å²) in [5, 5.41) is 18.2. The van der Waals surface area contributed by atoms with Gasteiger partial charge in [0.05, 0.1) is 11.3 Å². The molecular weight excluding hydrogens is 434 g/mol. The van der Waals surface area contributed by atoms with Crippen molar-refractivity contribution >= 4 is 22.7 Å². The monoisotopic (exact) mass is 455 g/mol. The van der Waals surface area contributed by atoms with Gasteiger partial charge in [-0.15, -0.1) is 0 Å². The van der Waals surface area contributed by atoms with Gasteiger partial charge in [0, 0.05) is 29.9 Å². The fraction of sp³-hybridized carbons (Fsp3) is 0.160. The number of benzene rings is 2. The maximum Gasteiger partial charge on any atom is 0.335 e. The normalized spacial score (nSPS) is 11.2. The third-order valence-electron chi connectivity index (χ3n) is 5.68. The second-order valence-electron chi connectivity index (χ2n) is 8.10. The summed E-state index contributed by atoms with van der Waals surface area (Å²) in [4.78, 5) is 31.3. The van der Waals surface area contributed by atoms with E-state index in [4.69, 9.17) is 9.63 Å². The zero-order valence-electron chi connectivity index (χ0n) is 18.6. The van der Waals surface area contributed by atoms with Crippen LogP contribution < -0.4 is 0 Å². The number of nitrogens with zero attached hydrogens (tertiary/aromatic N) is 4. The first-order chi connectivity index (χ1) is 16.4. The van der Waals surface area contributed by atoms with E-state index in [1.165, 1.54) is 0 Å². The minimum absolute atomic E-state index is 0.0686. The number of H-pyrrole nitrogens is 1. The predicted molar refractivity (Wildman–Crippen MR) is 125 cm³/mol. The predicted octanol–water partition coefficient (Wildman–Crippen LogP) is 4.44. The number of carbonyl (C=O) groups is 2. The van der Waals surface area contributed by atoms with E-state index < -0.39 is 5.97 Å². The molecule has 3 aromatic heterocycles. The Morgan fingerprint density at radius 3 is 2.59 bits per heavy atom.